The van der Waals surface area contributed by atoms with Crippen LogP contribution in [0.1, 0.15) is 51.5 Å². The third kappa shape index (κ3) is 6.48. The van der Waals surface area contributed by atoms with Gasteiger partial charge in [0.05, 0.1) is 19.2 Å². The van der Waals surface area contributed by atoms with Crippen LogP contribution in [0.2, 0.25) is 0 Å². The number of hydrogen-bond acceptors (Lipinski definition) is 6. The Hall–Kier alpha value is -2.64. The third-order valence-corrected chi connectivity index (χ3v) is 6.39. The minimum absolute atomic E-state index is 0.492. The molecule has 0 fully saturated rings. The molecule has 0 saturated heterocycles. The molecule has 34 heavy (non-hydrogen) atoms. The summed E-state index contributed by atoms with van der Waals surface area (Å²) in [6.07, 6.45) is 9.09. The zero-order valence-electron chi connectivity index (χ0n) is 20.5. The van der Waals surface area contributed by atoms with Crippen molar-refractivity contribution in [1.29, 1.82) is 0 Å². The fourth-order valence-corrected chi connectivity index (χ4v) is 4.52. The molecule has 0 aliphatic heterocycles. The smallest absolute Gasteiger partial charge is 0.385 e. The summed E-state index contributed by atoms with van der Waals surface area (Å²) in [4.78, 5) is 21.9. The molecule has 3 rings (SSSR count). The molecule has 0 radical (unpaired) electrons. The molecular weight excluding hydrogens is 450 g/mol. The van der Waals surface area contributed by atoms with Crippen molar-refractivity contribution in [2.75, 3.05) is 13.4 Å². The lowest BCUT2D eigenvalue weighted by Gasteiger charge is -2.30. The monoisotopic (exact) mass is 485 g/mol. The van der Waals surface area contributed by atoms with E-state index in [-0.39, 0.29) is 0 Å². The summed E-state index contributed by atoms with van der Waals surface area (Å²) in [6, 6.07) is 16.4. The highest BCUT2D eigenvalue weighted by atomic mass is 32.2. The molecule has 0 amide bonds. The molecule has 1 aromatic heterocycles. The summed E-state index contributed by atoms with van der Waals surface area (Å²) in [7, 11) is 1.33. The van der Waals surface area contributed by atoms with Crippen LogP contribution in [0.3, 0.4) is 0 Å². The number of hydrogen-bond donors (Lipinski definition) is 0. The van der Waals surface area contributed by atoms with Crippen LogP contribution >= 0.6 is 12.0 Å². The topological polar surface area (TPSA) is 58.9 Å². The quantitative estimate of drug-likeness (QED) is 0.109. The van der Waals surface area contributed by atoms with Gasteiger partial charge in [0.15, 0.2) is 0 Å². The van der Waals surface area contributed by atoms with Crippen molar-refractivity contribution in [3.8, 4) is 11.5 Å². The van der Waals surface area contributed by atoms with Crippen LogP contribution in [-0.2, 0) is 27.5 Å². The maximum Gasteiger partial charge on any atom is 0.385 e. The molecule has 0 bridgehead atoms. The highest BCUT2D eigenvalue weighted by molar-refractivity contribution is 7.94. The molecule has 0 spiro atoms. The number of ether oxygens (including phenoxy) is 1. The average molecular weight is 486 g/mol. The van der Waals surface area contributed by atoms with Gasteiger partial charge in [-0.15, -0.1) is 0 Å². The van der Waals surface area contributed by atoms with E-state index in [4.69, 9.17) is 13.8 Å². The first-order valence-corrected chi connectivity index (χ1v) is 13.0. The summed E-state index contributed by atoms with van der Waals surface area (Å²) >= 11 is 1.35. The number of rotatable bonds is 14. The Labute approximate surface area is 206 Å². The first-order valence-electron chi connectivity index (χ1n) is 11.9. The number of nitrogens with zero attached hydrogens (tertiary/aromatic N) is 1. The first-order chi connectivity index (χ1) is 16.5. The Kier molecular flexibility index (Phi) is 9.72. The molecule has 6 nitrogen and oxygen atoms in total. The van der Waals surface area contributed by atoms with Crippen LogP contribution < -0.4 is 8.92 Å². The van der Waals surface area contributed by atoms with Crippen LogP contribution in [0.25, 0.3) is 10.9 Å². The van der Waals surface area contributed by atoms with Crippen LogP contribution in [0.4, 0.5) is 0 Å². The highest BCUT2D eigenvalue weighted by Crippen LogP contribution is 2.28. The second kappa shape index (κ2) is 12.7. The SMILES string of the molecule is CCCC(CC)(Oc1ccc(CCCCn2ccc3cc(OSC)ccc32)cc1)C(=O)OOC. The minimum atomic E-state index is -1.03. The number of unbranched alkanes of at least 4 members (excludes halogenated alkanes) is 1. The van der Waals surface area contributed by atoms with Gasteiger partial charge in [-0.2, -0.15) is 4.89 Å². The Morgan fingerprint density at radius 2 is 1.79 bits per heavy atom. The zero-order chi connectivity index (χ0) is 24.4. The highest BCUT2D eigenvalue weighted by Gasteiger charge is 2.41. The summed E-state index contributed by atoms with van der Waals surface area (Å²) < 4.78 is 13.9. The molecule has 7 heteroatoms. The van der Waals surface area contributed by atoms with E-state index < -0.39 is 11.6 Å². The fraction of sp³-hybridized carbons (Fsp3) is 0.444. The van der Waals surface area contributed by atoms with Crippen LogP contribution in [0.15, 0.2) is 54.7 Å². The summed E-state index contributed by atoms with van der Waals surface area (Å²) in [5.41, 5.74) is 1.45. The fourth-order valence-electron chi connectivity index (χ4n) is 4.23. The van der Waals surface area contributed by atoms with Gasteiger partial charge in [-0.3, -0.25) is 4.89 Å². The number of fused-ring (bicyclic) bond motifs is 1. The van der Waals surface area contributed by atoms with Gasteiger partial charge in [0, 0.05) is 29.9 Å². The average Bonchev–Trinajstić information content (AvgIpc) is 3.25. The first kappa shape index (κ1) is 26.0. The predicted molar refractivity (Wildman–Crippen MR) is 137 cm³/mol. The number of carbonyl (C=O) groups excluding carboxylic acids is 1. The van der Waals surface area contributed by atoms with E-state index in [0.717, 1.165) is 38.0 Å². The van der Waals surface area contributed by atoms with Gasteiger partial charge in [0.2, 0.25) is 5.60 Å². The van der Waals surface area contributed by atoms with Crippen LogP contribution in [0, 0.1) is 0 Å². The molecule has 0 aliphatic rings. The zero-order valence-corrected chi connectivity index (χ0v) is 21.4. The molecule has 0 N–H and O–H groups in total. The van der Waals surface area contributed by atoms with Gasteiger partial charge in [0.1, 0.15) is 11.5 Å². The summed E-state index contributed by atoms with van der Waals surface area (Å²) in [6.45, 7) is 4.92. The summed E-state index contributed by atoms with van der Waals surface area (Å²) in [5.74, 6) is 1.05. The largest absolute Gasteiger partial charge is 0.475 e. The minimum Gasteiger partial charge on any atom is -0.475 e. The molecule has 1 unspecified atom stereocenters. The summed E-state index contributed by atoms with van der Waals surface area (Å²) in [5, 5.41) is 1.20. The van der Waals surface area contributed by atoms with E-state index in [9.17, 15) is 4.79 Å². The van der Waals surface area contributed by atoms with E-state index >= 15 is 0 Å². The number of aryl methyl sites for hydroxylation is 2. The lowest BCUT2D eigenvalue weighted by molar-refractivity contribution is -0.268. The Bertz CT molecular complexity index is 1050. The second-order valence-corrected chi connectivity index (χ2v) is 8.82. The van der Waals surface area contributed by atoms with E-state index in [1.165, 1.54) is 35.6 Å². The lowest BCUT2D eigenvalue weighted by atomic mass is 9.94. The van der Waals surface area contributed by atoms with Gasteiger partial charge in [0.25, 0.3) is 0 Å². The molecule has 2 aromatic carbocycles. The van der Waals surface area contributed by atoms with Gasteiger partial charge >= 0.3 is 5.97 Å². The van der Waals surface area contributed by atoms with Gasteiger partial charge in [-0.1, -0.05) is 32.4 Å². The molecular formula is C27H35NO5S. The second-order valence-electron chi connectivity index (χ2n) is 8.32. The molecule has 1 heterocycles. The molecule has 0 aliphatic carbocycles. The third-order valence-electron chi connectivity index (χ3n) is 6.03. The van der Waals surface area contributed by atoms with E-state index in [0.29, 0.717) is 18.6 Å². The molecule has 184 valence electrons. The van der Waals surface area contributed by atoms with Crippen molar-refractivity contribution in [3.05, 3.63) is 60.3 Å². The van der Waals surface area contributed by atoms with E-state index in [1.807, 2.05) is 38.3 Å². The normalized spacial score (nSPS) is 12.9. The van der Waals surface area contributed by atoms with Crippen molar-refractivity contribution in [2.45, 2.75) is 64.5 Å². The Balaban J connectivity index is 1.53. The predicted octanol–water partition coefficient (Wildman–Crippen LogP) is 6.75. The lowest BCUT2D eigenvalue weighted by Crippen LogP contribution is -2.45. The van der Waals surface area contributed by atoms with Crippen molar-refractivity contribution in [2.24, 2.45) is 0 Å². The number of carbonyl (C=O) groups is 1. The maximum absolute atomic E-state index is 12.5. The number of benzene rings is 2. The molecule has 1 atom stereocenters. The molecule has 3 aromatic rings. The molecule has 0 saturated carbocycles. The standard InChI is InChI=1S/C27H35NO5S/c1-5-17-27(6-2,26(29)32-30-3)31-23-12-10-21(11-13-23)9-7-8-18-28-19-16-22-20-24(33-34-4)14-15-25(22)28/h10-16,19-20H,5-9,17-18H2,1-4H3. The van der Waals surface area contributed by atoms with Crippen molar-refractivity contribution >= 4 is 28.9 Å². The Morgan fingerprint density at radius 1 is 1.03 bits per heavy atom. The number of aromatic nitrogens is 1. The van der Waals surface area contributed by atoms with Gasteiger partial charge < -0.3 is 13.5 Å². The van der Waals surface area contributed by atoms with Gasteiger partial charge in [-0.25, -0.2) is 4.79 Å². The Morgan fingerprint density at radius 3 is 2.47 bits per heavy atom. The maximum atomic E-state index is 12.5. The van der Waals surface area contributed by atoms with Crippen molar-refractivity contribution in [3.63, 3.8) is 0 Å². The van der Waals surface area contributed by atoms with Gasteiger partial charge in [-0.05, 0) is 74.1 Å². The van der Waals surface area contributed by atoms with Crippen molar-refractivity contribution in [1.82, 2.24) is 4.57 Å². The van der Waals surface area contributed by atoms with Crippen LogP contribution in [0.5, 0.6) is 11.5 Å². The van der Waals surface area contributed by atoms with E-state index in [1.54, 1.807) is 0 Å². The van der Waals surface area contributed by atoms with Crippen molar-refractivity contribution < 1.29 is 23.5 Å². The van der Waals surface area contributed by atoms with E-state index in [2.05, 4.69) is 46.0 Å². The van der Waals surface area contributed by atoms with Crippen LogP contribution in [-0.4, -0.2) is 29.5 Å².